The van der Waals surface area contributed by atoms with E-state index in [0.29, 0.717) is 11.3 Å². The van der Waals surface area contributed by atoms with Crippen molar-refractivity contribution in [2.75, 3.05) is 4.31 Å². The molecule has 0 bridgehead atoms. The SMILES string of the molecule is O=S(=O)(c1ccc(Cl)c(Cl)c1)N(Cc1ccc(OC(F)(F)F)cc1)c1ccccc1. The molecule has 3 aromatic carbocycles. The van der Waals surface area contributed by atoms with Crippen LogP contribution in [-0.4, -0.2) is 14.8 Å². The molecule has 0 aliphatic heterocycles. The second-order valence-electron chi connectivity index (χ2n) is 6.11. The molecule has 30 heavy (non-hydrogen) atoms. The van der Waals surface area contributed by atoms with E-state index in [9.17, 15) is 21.6 Å². The molecule has 0 radical (unpaired) electrons. The number of hydrogen-bond acceptors (Lipinski definition) is 3. The lowest BCUT2D eigenvalue weighted by molar-refractivity contribution is -0.274. The van der Waals surface area contributed by atoms with Gasteiger partial charge in [0.05, 0.1) is 27.2 Å². The first-order chi connectivity index (χ1) is 14.1. The number of alkyl halides is 3. The Hall–Kier alpha value is -2.42. The van der Waals surface area contributed by atoms with Crippen molar-refractivity contribution in [3.05, 3.63) is 88.4 Å². The molecule has 0 aliphatic rings. The van der Waals surface area contributed by atoms with E-state index < -0.39 is 22.1 Å². The van der Waals surface area contributed by atoms with Gasteiger partial charge in [-0.15, -0.1) is 13.2 Å². The molecule has 10 heteroatoms. The molecule has 158 valence electrons. The van der Waals surface area contributed by atoms with Gasteiger partial charge in [-0.3, -0.25) is 4.31 Å². The highest BCUT2D eigenvalue weighted by molar-refractivity contribution is 7.92. The summed E-state index contributed by atoms with van der Waals surface area (Å²) in [6.07, 6.45) is -4.81. The van der Waals surface area contributed by atoms with Crippen LogP contribution in [0.2, 0.25) is 10.0 Å². The van der Waals surface area contributed by atoms with E-state index in [0.717, 1.165) is 16.4 Å². The van der Waals surface area contributed by atoms with Crippen LogP contribution in [-0.2, 0) is 16.6 Å². The van der Waals surface area contributed by atoms with Gasteiger partial charge in [-0.05, 0) is 48.0 Å². The number of para-hydroxylation sites is 1. The lowest BCUT2D eigenvalue weighted by Crippen LogP contribution is -2.30. The molecule has 0 heterocycles. The summed E-state index contributed by atoms with van der Waals surface area (Å²) in [5.41, 5.74) is 0.830. The molecule has 0 aromatic heterocycles. The summed E-state index contributed by atoms with van der Waals surface area (Å²) in [4.78, 5) is -0.0715. The number of anilines is 1. The number of benzene rings is 3. The number of nitrogens with zero attached hydrogens (tertiary/aromatic N) is 1. The fourth-order valence-electron chi connectivity index (χ4n) is 2.64. The number of hydrogen-bond donors (Lipinski definition) is 0. The Morgan fingerprint density at radius 3 is 2.07 bits per heavy atom. The van der Waals surface area contributed by atoms with E-state index in [1.54, 1.807) is 30.3 Å². The minimum Gasteiger partial charge on any atom is -0.406 e. The molecular weight excluding hydrogens is 462 g/mol. The first kappa shape index (κ1) is 22.3. The Morgan fingerprint density at radius 2 is 1.50 bits per heavy atom. The van der Waals surface area contributed by atoms with Gasteiger partial charge in [0.25, 0.3) is 10.0 Å². The predicted molar refractivity (Wildman–Crippen MR) is 109 cm³/mol. The van der Waals surface area contributed by atoms with Crippen molar-refractivity contribution in [1.82, 2.24) is 0 Å². The van der Waals surface area contributed by atoms with E-state index in [2.05, 4.69) is 4.74 Å². The monoisotopic (exact) mass is 475 g/mol. The maximum absolute atomic E-state index is 13.3. The van der Waals surface area contributed by atoms with Crippen molar-refractivity contribution < 1.29 is 26.3 Å². The summed E-state index contributed by atoms with van der Waals surface area (Å²) in [5, 5.41) is 0.293. The molecule has 3 aromatic rings. The number of rotatable bonds is 6. The maximum Gasteiger partial charge on any atom is 0.573 e. The number of ether oxygens (including phenoxy) is 1. The van der Waals surface area contributed by atoms with Crippen LogP contribution in [0.25, 0.3) is 0 Å². The Morgan fingerprint density at radius 1 is 0.867 bits per heavy atom. The fourth-order valence-corrected chi connectivity index (χ4v) is 4.48. The van der Waals surface area contributed by atoms with Crippen LogP contribution in [0.1, 0.15) is 5.56 Å². The van der Waals surface area contributed by atoms with Crippen molar-refractivity contribution >= 4 is 38.9 Å². The van der Waals surface area contributed by atoms with E-state index in [-0.39, 0.29) is 21.5 Å². The summed E-state index contributed by atoms with van der Waals surface area (Å²) >= 11 is 11.9. The van der Waals surface area contributed by atoms with Gasteiger partial charge < -0.3 is 4.74 Å². The van der Waals surface area contributed by atoms with Crippen LogP contribution in [0.15, 0.2) is 77.7 Å². The molecular formula is C20H14Cl2F3NO3S. The van der Waals surface area contributed by atoms with Gasteiger partial charge in [-0.2, -0.15) is 0 Å². The topological polar surface area (TPSA) is 46.6 Å². The normalized spacial score (nSPS) is 11.9. The van der Waals surface area contributed by atoms with Gasteiger partial charge in [0.2, 0.25) is 0 Å². The third kappa shape index (κ3) is 5.38. The van der Waals surface area contributed by atoms with Crippen molar-refractivity contribution in [3.8, 4) is 5.75 Å². The van der Waals surface area contributed by atoms with E-state index in [1.807, 2.05) is 0 Å². The van der Waals surface area contributed by atoms with Crippen LogP contribution in [0, 0.1) is 0 Å². The second kappa shape index (κ2) is 8.75. The predicted octanol–water partition coefficient (Wildman–Crippen LogP) is 6.29. The lowest BCUT2D eigenvalue weighted by Gasteiger charge is -2.25. The Labute approximate surface area is 181 Å². The largest absolute Gasteiger partial charge is 0.573 e. The molecule has 3 rings (SSSR count). The van der Waals surface area contributed by atoms with Gasteiger partial charge in [-0.1, -0.05) is 53.5 Å². The summed E-state index contributed by atoms with van der Waals surface area (Å²) in [6, 6.07) is 17.2. The highest BCUT2D eigenvalue weighted by Crippen LogP contribution is 2.31. The summed E-state index contributed by atoms with van der Waals surface area (Å²) < 4.78 is 68.6. The molecule has 0 saturated heterocycles. The van der Waals surface area contributed by atoms with Crippen molar-refractivity contribution in [3.63, 3.8) is 0 Å². The molecule has 0 saturated carbocycles. The smallest absolute Gasteiger partial charge is 0.406 e. The zero-order valence-corrected chi connectivity index (χ0v) is 17.4. The Bertz CT molecular complexity index is 1120. The lowest BCUT2D eigenvalue weighted by atomic mass is 10.2. The molecule has 0 spiro atoms. The van der Waals surface area contributed by atoms with Crippen LogP contribution in [0.5, 0.6) is 5.75 Å². The minimum atomic E-state index is -4.81. The fraction of sp³-hybridized carbons (Fsp3) is 0.100. The van der Waals surface area contributed by atoms with Crippen LogP contribution >= 0.6 is 23.2 Å². The molecule has 0 unspecified atom stereocenters. The Kier molecular flexibility index (Phi) is 6.50. The molecule has 0 fully saturated rings. The van der Waals surface area contributed by atoms with Gasteiger partial charge in [0.15, 0.2) is 0 Å². The second-order valence-corrected chi connectivity index (χ2v) is 8.79. The first-order valence-electron chi connectivity index (χ1n) is 8.44. The maximum atomic E-state index is 13.3. The van der Waals surface area contributed by atoms with E-state index >= 15 is 0 Å². The highest BCUT2D eigenvalue weighted by atomic mass is 35.5. The average Bonchev–Trinajstić information content (AvgIpc) is 2.68. The van der Waals surface area contributed by atoms with Crippen molar-refractivity contribution in [2.24, 2.45) is 0 Å². The van der Waals surface area contributed by atoms with Crippen LogP contribution < -0.4 is 9.04 Å². The molecule has 0 amide bonds. The van der Waals surface area contributed by atoms with E-state index in [4.69, 9.17) is 23.2 Å². The third-order valence-corrected chi connectivity index (χ3v) is 6.52. The summed E-state index contributed by atoms with van der Waals surface area (Å²) in [5.74, 6) is -0.398. The van der Waals surface area contributed by atoms with Gasteiger partial charge in [0.1, 0.15) is 5.75 Å². The quantitative estimate of drug-likeness (QED) is 0.420. The zero-order valence-electron chi connectivity index (χ0n) is 15.1. The zero-order chi connectivity index (χ0) is 21.9. The third-order valence-electron chi connectivity index (χ3n) is 4.01. The Balaban J connectivity index is 1.97. The molecule has 4 nitrogen and oxygen atoms in total. The average molecular weight is 476 g/mol. The van der Waals surface area contributed by atoms with Crippen LogP contribution in [0.3, 0.4) is 0 Å². The van der Waals surface area contributed by atoms with Crippen molar-refractivity contribution in [1.29, 1.82) is 0 Å². The summed E-state index contributed by atoms with van der Waals surface area (Å²) in [6.45, 7) is -0.126. The standard InChI is InChI=1S/C20H14Cl2F3NO3S/c21-18-11-10-17(12-19(18)22)30(27,28)26(15-4-2-1-3-5-15)13-14-6-8-16(9-7-14)29-20(23,24)25/h1-12H,13H2. The van der Waals surface area contributed by atoms with Gasteiger partial charge >= 0.3 is 6.36 Å². The number of sulfonamides is 1. The van der Waals surface area contributed by atoms with Gasteiger partial charge in [-0.25, -0.2) is 8.42 Å². The van der Waals surface area contributed by atoms with Crippen LogP contribution in [0.4, 0.5) is 18.9 Å². The minimum absolute atomic E-state index is 0.0715. The van der Waals surface area contributed by atoms with Crippen molar-refractivity contribution in [2.45, 2.75) is 17.8 Å². The van der Waals surface area contributed by atoms with Gasteiger partial charge in [0, 0.05) is 0 Å². The number of halogens is 5. The first-order valence-corrected chi connectivity index (χ1v) is 10.6. The highest BCUT2D eigenvalue weighted by Gasteiger charge is 2.31. The summed E-state index contributed by atoms with van der Waals surface area (Å²) in [7, 11) is -4.05. The molecule has 0 N–H and O–H groups in total. The molecule has 0 atom stereocenters. The molecule has 0 aliphatic carbocycles. The van der Waals surface area contributed by atoms with E-state index in [1.165, 1.54) is 30.3 Å².